The second kappa shape index (κ2) is 9.85. The van der Waals surface area contributed by atoms with Gasteiger partial charge in [0.05, 0.1) is 17.7 Å². The van der Waals surface area contributed by atoms with Gasteiger partial charge in [-0.3, -0.25) is 19.2 Å². The SMILES string of the molecule is CC(C)n1nc(C(=O)N[C@@H]2CN(C(=O)O)[C@](COCC(=O)N(C)C)(C(C)(C)C)C2)c2ccccc21. The normalized spacial score (nSPS) is 20.5. The third-order valence-corrected chi connectivity index (χ3v) is 6.85. The Morgan fingerprint density at radius 1 is 1.26 bits per heavy atom. The number of fused-ring (bicyclic) bond motifs is 1. The number of hydrogen-bond acceptors (Lipinski definition) is 5. The smallest absolute Gasteiger partial charge is 0.407 e. The van der Waals surface area contributed by atoms with Crippen LogP contribution in [-0.2, 0) is 9.53 Å². The number of hydrogen-bond donors (Lipinski definition) is 2. The van der Waals surface area contributed by atoms with Crippen molar-refractivity contribution in [3.63, 3.8) is 0 Å². The Hall–Kier alpha value is -3.14. The largest absolute Gasteiger partial charge is 0.465 e. The number of para-hydroxylation sites is 1. The van der Waals surface area contributed by atoms with E-state index in [2.05, 4.69) is 10.4 Å². The summed E-state index contributed by atoms with van der Waals surface area (Å²) < 4.78 is 7.57. The third kappa shape index (κ3) is 5.12. The second-order valence-corrected chi connectivity index (χ2v) is 10.7. The van der Waals surface area contributed by atoms with Crippen LogP contribution in [0, 0.1) is 5.41 Å². The van der Waals surface area contributed by atoms with E-state index in [1.807, 2.05) is 63.6 Å². The lowest BCUT2D eigenvalue weighted by molar-refractivity contribution is -0.136. The first-order valence-corrected chi connectivity index (χ1v) is 11.8. The van der Waals surface area contributed by atoms with Crippen molar-refractivity contribution in [1.82, 2.24) is 24.9 Å². The van der Waals surface area contributed by atoms with E-state index in [9.17, 15) is 19.5 Å². The molecule has 1 aliphatic rings. The van der Waals surface area contributed by atoms with E-state index in [1.165, 1.54) is 9.80 Å². The van der Waals surface area contributed by atoms with E-state index >= 15 is 0 Å². The van der Waals surface area contributed by atoms with Gasteiger partial charge >= 0.3 is 6.09 Å². The van der Waals surface area contributed by atoms with Gasteiger partial charge < -0.3 is 20.1 Å². The zero-order valence-electron chi connectivity index (χ0n) is 21.7. The molecule has 3 amide bonds. The van der Waals surface area contributed by atoms with Gasteiger partial charge in [0.15, 0.2) is 5.69 Å². The molecule has 2 heterocycles. The molecule has 0 spiro atoms. The Bertz CT molecular complexity index is 1100. The van der Waals surface area contributed by atoms with Gasteiger partial charge in [0.2, 0.25) is 5.91 Å². The van der Waals surface area contributed by atoms with Gasteiger partial charge in [0.1, 0.15) is 6.61 Å². The summed E-state index contributed by atoms with van der Waals surface area (Å²) in [6.07, 6.45) is -0.734. The Morgan fingerprint density at radius 3 is 2.49 bits per heavy atom. The molecule has 2 aromatic rings. The molecule has 0 aliphatic carbocycles. The Labute approximate surface area is 206 Å². The number of likely N-dealkylation sites (tertiary alicyclic amines) is 1. The molecule has 35 heavy (non-hydrogen) atoms. The highest BCUT2D eigenvalue weighted by molar-refractivity contribution is 6.05. The standard InChI is InChI=1S/C25H37N5O5/c1-16(2)30-19-11-9-8-10-18(19)21(27-30)22(32)26-17-12-25(24(3,4)5,29(13-17)23(33)34)15-35-14-20(31)28(6)7/h8-11,16-17H,12-15H2,1-7H3,(H,26,32)(H,33,34)/t17-,25+/m0/s1. The van der Waals surface area contributed by atoms with Gasteiger partial charge in [-0.2, -0.15) is 5.10 Å². The molecule has 10 nitrogen and oxygen atoms in total. The molecule has 0 unspecified atom stereocenters. The quantitative estimate of drug-likeness (QED) is 0.620. The van der Waals surface area contributed by atoms with Gasteiger partial charge in [0.25, 0.3) is 5.91 Å². The minimum Gasteiger partial charge on any atom is -0.465 e. The van der Waals surface area contributed by atoms with Gasteiger partial charge in [-0.05, 0) is 31.7 Å². The van der Waals surface area contributed by atoms with E-state index in [0.717, 1.165) is 10.9 Å². The van der Waals surface area contributed by atoms with Gasteiger partial charge in [0, 0.05) is 38.1 Å². The molecule has 1 aromatic heterocycles. The van der Waals surface area contributed by atoms with Crippen molar-refractivity contribution in [2.45, 2.75) is 58.7 Å². The van der Waals surface area contributed by atoms with E-state index in [0.29, 0.717) is 12.1 Å². The van der Waals surface area contributed by atoms with Gasteiger partial charge in [-0.15, -0.1) is 0 Å². The highest BCUT2D eigenvalue weighted by Gasteiger charge is 2.55. The zero-order valence-corrected chi connectivity index (χ0v) is 21.7. The van der Waals surface area contributed by atoms with Crippen LogP contribution in [0.1, 0.15) is 57.6 Å². The van der Waals surface area contributed by atoms with Crippen molar-refractivity contribution in [2.24, 2.45) is 5.41 Å². The average molecular weight is 488 g/mol. The molecule has 192 valence electrons. The Balaban J connectivity index is 1.86. The molecule has 0 radical (unpaired) electrons. The summed E-state index contributed by atoms with van der Waals surface area (Å²) in [5, 5.41) is 18.4. The molecule has 3 rings (SSSR count). The molecule has 0 saturated carbocycles. The summed E-state index contributed by atoms with van der Waals surface area (Å²) in [5.74, 6) is -0.546. The average Bonchev–Trinajstić information content (AvgIpc) is 3.33. The Kier molecular flexibility index (Phi) is 7.45. The Morgan fingerprint density at radius 2 is 1.91 bits per heavy atom. The lowest BCUT2D eigenvalue weighted by Crippen LogP contribution is -2.58. The van der Waals surface area contributed by atoms with Crippen LogP contribution in [0.2, 0.25) is 0 Å². The van der Waals surface area contributed by atoms with Crippen LogP contribution in [0.15, 0.2) is 24.3 Å². The maximum Gasteiger partial charge on any atom is 0.407 e. The molecule has 1 aromatic carbocycles. The highest BCUT2D eigenvalue weighted by Crippen LogP contribution is 2.44. The lowest BCUT2D eigenvalue weighted by atomic mass is 9.72. The lowest BCUT2D eigenvalue weighted by Gasteiger charge is -2.46. The van der Waals surface area contributed by atoms with E-state index in [-0.39, 0.29) is 37.6 Å². The maximum atomic E-state index is 13.3. The maximum absolute atomic E-state index is 13.3. The van der Waals surface area contributed by atoms with Crippen LogP contribution >= 0.6 is 0 Å². The summed E-state index contributed by atoms with van der Waals surface area (Å²) >= 11 is 0. The van der Waals surface area contributed by atoms with Crippen molar-refractivity contribution in [3.05, 3.63) is 30.0 Å². The number of nitrogens with zero attached hydrogens (tertiary/aromatic N) is 4. The van der Waals surface area contributed by atoms with E-state index < -0.39 is 23.1 Å². The fourth-order valence-electron chi connectivity index (χ4n) is 4.74. The molecular formula is C25H37N5O5. The minimum absolute atomic E-state index is 0.0413. The predicted octanol–water partition coefficient (Wildman–Crippen LogP) is 2.99. The van der Waals surface area contributed by atoms with Crippen LogP contribution < -0.4 is 5.32 Å². The number of likely N-dealkylation sites (N-methyl/N-ethyl adjacent to an activating group) is 1. The summed E-state index contributed by atoms with van der Waals surface area (Å²) in [4.78, 5) is 40.4. The molecule has 10 heteroatoms. The van der Waals surface area contributed by atoms with Crippen molar-refractivity contribution in [2.75, 3.05) is 33.9 Å². The minimum atomic E-state index is -1.09. The molecule has 2 N–H and O–H groups in total. The fourth-order valence-corrected chi connectivity index (χ4v) is 4.74. The molecule has 1 saturated heterocycles. The molecule has 2 atom stereocenters. The zero-order chi connectivity index (χ0) is 26.1. The fraction of sp³-hybridized carbons (Fsp3) is 0.600. The molecule has 1 aliphatic heterocycles. The van der Waals surface area contributed by atoms with Gasteiger partial charge in [-0.25, -0.2) is 4.79 Å². The number of ether oxygens (including phenoxy) is 1. The molecule has 1 fully saturated rings. The molecular weight excluding hydrogens is 450 g/mol. The van der Waals surface area contributed by atoms with E-state index in [4.69, 9.17) is 4.74 Å². The summed E-state index contributed by atoms with van der Waals surface area (Å²) in [7, 11) is 3.28. The number of carbonyl (C=O) groups excluding carboxylic acids is 2. The van der Waals surface area contributed by atoms with Crippen LogP contribution in [0.4, 0.5) is 4.79 Å². The predicted molar refractivity (Wildman–Crippen MR) is 132 cm³/mol. The van der Waals surface area contributed by atoms with Gasteiger partial charge in [-0.1, -0.05) is 39.0 Å². The number of amides is 3. The summed E-state index contributed by atoms with van der Waals surface area (Å²) in [5.41, 5.74) is -0.257. The van der Waals surface area contributed by atoms with Crippen LogP contribution in [0.3, 0.4) is 0 Å². The number of aromatic nitrogens is 2. The summed E-state index contributed by atoms with van der Waals surface area (Å²) in [6.45, 7) is 9.86. The first-order valence-electron chi connectivity index (χ1n) is 11.8. The highest BCUT2D eigenvalue weighted by atomic mass is 16.5. The second-order valence-electron chi connectivity index (χ2n) is 10.7. The number of carboxylic acid groups (broad SMARTS) is 1. The topological polar surface area (TPSA) is 117 Å². The monoisotopic (exact) mass is 487 g/mol. The number of benzene rings is 1. The van der Waals surface area contributed by atoms with Crippen LogP contribution in [-0.4, -0.2) is 88.0 Å². The number of carbonyl (C=O) groups is 3. The third-order valence-electron chi connectivity index (χ3n) is 6.85. The number of rotatable bonds is 7. The van der Waals surface area contributed by atoms with Crippen molar-refractivity contribution < 1.29 is 24.2 Å². The van der Waals surface area contributed by atoms with E-state index in [1.54, 1.807) is 14.1 Å². The van der Waals surface area contributed by atoms with Crippen LogP contribution in [0.5, 0.6) is 0 Å². The molecule has 0 bridgehead atoms. The van der Waals surface area contributed by atoms with Crippen molar-refractivity contribution >= 4 is 28.8 Å². The van der Waals surface area contributed by atoms with Crippen molar-refractivity contribution in [1.29, 1.82) is 0 Å². The first kappa shape index (κ1) is 26.5. The summed E-state index contributed by atoms with van der Waals surface area (Å²) in [6, 6.07) is 7.20. The number of nitrogens with one attached hydrogen (secondary N) is 1. The first-order chi connectivity index (χ1) is 16.3. The van der Waals surface area contributed by atoms with Crippen molar-refractivity contribution in [3.8, 4) is 0 Å². The van der Waals surface area contributed by atoms with Crippen LogP contribution in [0.25, 0.3) is 10.9 Å².